The van der Waals surface area contributed by atoms with Crippen molar-refractivity contribution in [2.75, 3.05) is 54.2 Å². The fraction of sp³-hybridized carbons (Fsp3) is 0.320. The lowest BCUT2D eigenvalue weighted by molar-refractivity contribution is -0.113. The molecule has 1 saturated heterocycles. The van der Waals surface area contributed by atoms with Crippen molar-refractivity contribution in [3.63, 3.8) is 0 Å². The number of para-hydroxylation sites is 1. The second-order valence-electron chi connectivity index (χ2n) is 7.72. The molecule has 2 heterocycles. The molecule has 1 aromatic heterocycles. The van der Waals surface area contributed by atoms with E-state index in [0.29, 0.717) is 5.16 Å². The van der Waals surface area contributed by atoms with Crippen LogP contribution in [0.1, 0.15) is 12.5 Å². The fourth-order valence-electron chi connectivity index (χ4n) is 3.83. The molecule has 33 heavy (non-hydrogen) atoms. The fourth-order valence-corrected chi connectivity index (χ4v) is 4.46. The highest BCUT2D eigenvalue weighted by atomic mass is 32.2. The second kappa shape index (κ2) is 11.0. The number of rotatable bonds is 8. The van der Waals surface area contributed by atoms with Crippen LogP contribution in [-0.4, -0.2) is 54.9 Å². The summed E-state index contributed by atoms with van der Waals surface area (Å²) in [7, 11) is 1.68. The quantitative estimate of drug-likeness (QED) is 0.398. The Balaban J connectivity index is 1.30. The molecular formula is C25H29N5O2S. The Bertz CT molecular complexity index is 1070. The van der Waals surface area contributed by atoms with Crippen LogP contribution in [0.3, 0.4) is 0 Å². The number of nitrogens with one attached hydrogen (secondary N) is 1. The van der Waals surface area contributed by atoms with Gasteiger partial charge in [0.15, 0.2) is 5.16 Å². The number of carbonyl (C=O) groups excluding carboxylic acids is 1. The molecule has 1 aliphatic heterocycles. The number of thioether (sulfide) groups is 1. The average molecular weight is 464 g/mol. The Hall–Kier alpha value is -3.26. The molecule has 8 heteroatoms. The predicted molar refractivity (Wildman–Crippen MR) is 135 cm³/mol. The summed E-state index contributed by atoms with van der Waals surface area (Å²) in [5, 5.41) is 3.61. The van der Waals surface area contributed by atoms with Crippen LogP contribution < -0.4 is 19.9 Å². The molecule has 1 aliphatic rings. The molecule has 3 aromatic rings. The van der Waals surface area contributed by atoms with Crippen LogP contribution in [0.4, 0.5) is 17.2 Å². The van der Waals surface area contributed by atoms with Crippen LogP contribution in [0, 0.1) is 0 Å². The lowest BCUT2D eigenvalue weighted by Crippen LogP contribution is -2.46. The lowest BCUT2D eigenvalue weighted by Gasteiger charge is -2.36. The third-order valence-electron chi connectivity index (χ3n) is 5.66. The van der Waals surface area contributed by atoms with E-state index >= 15 is 0 Å². The molecule has 0 bridgehead atoms. The van der Waals surface area contributed by atoms with E-state index in [1.165, 1.54) is 17.4 Å². The minimum Gasteiger partial charge on any atom is -0.497 e. The minimum absolute atomic E-state index is 0.0528. The van der Waals surface area contributed by atoms with Gasteiger partial charge in [0, 0.05) is 43.8 Å². The zero-order valence-corrected chi connectivity index (χ0v) is 19.8. The number of anilines is 3. The number of carbonyl (C=O) groups is 1. The number of piperazine rings is 1. The number of aryl methyl sites for hydroxylation is 1. The van der Waals surface area contributed by atoms with Gasteiger partial charge in [-0.25, -0.2) is 9.97 Å². The number of hydrogen-bond donors (Lipinski definition) is 1. The van der Waals surface area contributed by atoms with Gasteiger partial charge in [-0.2, -0.15) is 0 Å². The molecule has 7 nitrogen and oxygen atoms in total. The van der Waals surface area contributed by atoms with Gasteiger partial charge in [-0.3, -0.25) is 4.79 Å². The summed E-state index contributed by atoms with van der Waals surface area (Å²) in [5.41, 5.74) is 3.20. The Kier molecular flexibility index (Phi) is 7.67. The zero-order valence-electron chi connectivity index (χ0n) is 19.0. The molecule has 1 N–H and O–H groups in total. The number of nitrogens with zero attached hydrogens (tertiary/aromatic N) is 4. The maximum atomic E-state index is 12.4. The number of amides is 1. The van der Waals surface area contributed by atoms with Gasteiger partial charge in [0.1, 0.15) is 11.6 Å². The van der Waals surface area contributed by atoms with Crippen LogP contribution in [0.25, 0.3) is 0 Å². The Morgan fingerprint density at radius 1 is 1.03 bits per heavy atom. The van der Waals surface area contributed by atoms with Crippen molar-refractivity contribution in [2.45, 2.75) is 18.5 Å². The first-order valence-corrected chi connectivity index (χ1v) is 12.1. The molecule has 172 valence electrons. The van der Waals surface area contributed by atoms with E-state index in [1.807, 2.05) is 42.5 Å². The third-order valence-corrected chi connectivity index (χ3v) is 6.53. The first-order chi connectivity index (χ1) is 16.2. The molecule has 0 saturated carbocycles. The highest BCUT2D eigenvalue weighted by Gasteiger charge is 2.19. The van der Waals surface area contributed by atoms with Crippen molar-refractivity contribution < 1.29 is 9.53 Å². The number of hydrogen-bond acceptors (Lipinski definition) is 7. The second-order valence-corrected chi connectivity index (χ2v) is 8.66. The molecule has 0 atom stereocenters. The molecule has 1 fully saturated rings. The monoisotopic (exact) mass is 463 g/mol. The number of aromatic nitrogens is 2. The van der Waals surface area contributed by atoms with Crippen LogP contribution >= 0.6 is 11.8 Å². The molecule has 4 rings (SSSR count). The number of methoxy groups -OCH3 is 1. The van der Waals surface area contributed by atoms with Crippen molar-refractivity contribution in [3.8, 4) is 5.75 Å². The molecule has 1 amide bonds. The smallest absolute Gasteiger partial charge is 0.234 e. The zero-order chi connectivity index (χ0) is 23.0. The average Bonchev–Trinajstić information content (AvgIpc) is 2.88. The van der Waals surface area contributed by atoms with E-state index in [1.54, 1.807) is 13.3 Å². The van der Waals surface area contributed by atoms with Gasteiger partial charge < -0.3 is 19.9 Å². The highest BCUT2D eigenvalue weighted by molar-refractivity contribution is 7.99. The van der Waals surface area contributed by atoms with Gasteiger partial charge in [-0.1, -0.05) is 36.9 Å². The van der Waals surface area contributed by atoms with Crippen molar-refractivity contribution in [1.29, 1.82) is 0 Å². The molecule has 0 spiro atoms. The molecule has 0 radical (unpaired) electrons. The van der Waals surface area contributed by atoms with Crippen LogP contribution in [0.5, 0.6) is 5.75 Å². The summed E-state index contributed by atoms with van der Waals surface area (Å²) in [6, 6.07) is 18.0. The van der Waals surface area contributed by atoms with Gasteiger partial charge in [0.2, 0.25) is 5.91 Å². The topological polar surface area (TPSA) is 70.6 Å². The summed E-state index contributed by atoms with van der Waals surface area (Å²) in [5.74, 6) is 1.99. The molecule has 0 unspecified atom stereocenters. The Morgan fingerprint density at radius 3 is 2.48 bits per heavy atom. The van der Waals surface area contributed by atoms with E-state index in [-0.39, 0.29) is 11.7 Å². The van der Waals surface area contributed by atoms with Crippen molar-refractivity contribution in [1.82, 2.24) is 9.97 Å². The van der Waals surface area contributed by atoms with Gasteiger partial charge in [-0.05, 0) is 48.4 Å². The lowest BCUT2D eigenvalue weighted by atomic mass is 10.1. The first-order valence-electron chi connectivity index (χ1n) is 11.1. The third kappa shape index (κ3) is 5.96. The van der Waals surface area contributed by atoms with Gasteiger partial charge in [-0.15, -0.1) is 0 Å². The van der Waals surface area contributed by atoms with Gasteiger partial charge in [0.25, 0.3) is 0 Å². The Morgan fingerprint density at radius 2 is 1.76 bits per heavy atom. The normalized spacial score (nSPS) is 13.6. The minimum atomic E-state index is -0.0528. The van der Waals surface area contributed by atoms with Crippen LogP contribution in [-0.2, 0) is 11.2 Å². The first kappa shape index (κ1) is 22.9. The van der Waals surface area contributed by atoms with Crippen LogP contribution in [0.2, 0.25) is 0 Å². The molecular weight excluding hydrogens is 434 g/mol. The number of ether oxygens (including phenoxy) is 1. The maximum absolute atomic E-state index is 12.4. The summed E-state index contributed by atoms with van der Waals surface area (Å²) >= 11 is 1.36. The van der Waals surface area contributed by atoms with Crippen molar-refractivity contribution in [3.05, 3.63) is 66.4 Å². The SMILES string of the molecule is CCc1ccccc1NC(=O)CSc1nccc(N2CCN(c3ccc(OC)cc3)CC2)n1. The largest absolute Gasteiger partial charge is 0.497 e. The van der Waals surface area contributed by atoms with E-state index in [0.717, 1.165) is 55.4 Å². The number of benzene rings is 2. The standard InChI is InChI=1S/C25H29N5O2S/c1-3-19-6-4-5-7-22(19)27-24(31)18-33-25-26-13-12-23(28-25)30-16-14-29(15-17-30)20-8-10-21(32-2)11-9-20/h4-13H,3,14-18H2,1-2H3,(H,27,31). The summed E-state index contributed by atoms with van der Waals surface area (Å²) in [6.45, 7) is 5.66. The highest BCUT2D eigenvalue weighted by Crippen LogP contribution is 2.23. The van der Waals surface area contributed by atoms with Gasteiger partial charge in [0.05, 0.1) is 12.9 Å². The summed E-state index contributed by atoms with van der Waals surface area (Å²) < 4.78 is 5.25. The predicted octanol–water partition coefficient (Wildman–Crippen LogP) is 4.11. The van der Waals surface area contributed by atoms with E-state index in [4.69, 9.17) is 9.72 Å². The maximum Gasteiger partial charge on any atom is 0.234 e. The molecule has 0 aliphatic carbocycles. The molecule has 2 aromatic carbocycles. The van der Waals surface area contributed by atoms with E-state index in [9.17, 15) is 4.79 Å². The summed E-state index contributed by atoms with van der Waals surface area (Å²) in [4.78, 5) is 26.1. The van der Waals surface area contributed by atoms with E-state index < -0.39 is 0 Å². The van der Waals surface area contributed by atoms with Crippen molar-refractivity contribution in [2.24, 2.45) is 0 Å². The van der Waals surface area contributed by atoms with E-state index in [2.05, 4.69) is 39.2 Å². The van der Waals surface area contributed by atoms with Crippen LogP contribution in [0.15, 0.2) is 66.0 Å². The van der Waals surface area contributed by atoms with Gasteiger partial charge >= 0.3 is 0 Å². The summed E-state index contributed by atoms with van der Waals surface area (Å²) in [6.07, 6.45) is 2.64. The van der Waals surface area contributed by atoms with Crippen molar-refractivity contribution >= 4 is 34.9 Å². The Labute approximate surface area is 199 Å².